The number of aliphatic hydroxyl groups is 1. The number of aromatic amines is 1. The summed E-state index contributed by atoms with van der Waals surface area (Å²) in [5, 5.41) is 20.5. The molecule has 19 heavy (non-hydrogen) atoms. The Morgan fingerprint density at radius 1 is 1.42 bits per heavy atom. The third kappa shape index (κ3) is 2.78. The van der Waals surface area contributed by atoms with Gasteiger partial charge in [0, 0.05) is 22.3 Å². The van der Waals surface area contributed by atoms with Crippen molar-refractivity contribution in [2.75, 3.05) is 11.5 Å². The lowest BCUT2D eigenvalue weighted by Gasteiger charge is -2.21. The quantitative estimate of drug-likeness (QED) is 0.899. The molecular formula is C15H18N2OS. The zero-order valence-electron chi connectivity index (χ0n) is 11.4. The average Bonchev–Trinajstić information content (AvgIpc) is 2.78. The zero-order valence-corrected chi connectivity index (χ0v) is 12.3. The Balaban J connectivity index is 2.44. The van der Waals surface area contributed by atoms with Gasteiger partial charge in [0.2, 0.25) is 0 Å². The van der Waals surface area contributed by atoms with E-state index in [9.17, 15) is 5.11 Å². The molecule has 1 atom stereocenters. The third-order valence-corrected chi connectivity index (χ3v) is 4.43. The summed E-state index contributed by atoms with van der Waals surface area (Å²) in [7, 11) is 0. The Morgan fingerprint density at radius 3 is 2.79 bits per heavy atom. The van der Waals surface area contributed by atoms with Crippen LogP contribution in [-0.2, 0) is 5.60 Å². The van der Waals surface area contributed by atoms with Gasteiger partial charge in [-0.3, -0.25) is 0 Å². The van der Waals surface area contributed by atoms with Crippen LogP contribution in [0.3, 0.4) is 0 Å². The van der Waals surface area contributed by atoms with Crippen molar-refractivity contribution in [3.8, 4) is 6.07 Å². The molecule has 2 aromatic rings. The largest absolute Gasteiger partial charge is 0.383 e. The fourth-order valence-electron chi connectivity index (χ4n) is 2.08. The number of thioether (sulfide) groups is 1. The van der Waals surface area contributed by atoms with Crippen molar-refractivity contribution < 1.29 is 5.11 Å². The van der Waals surface area contributed by atoms with Crippen LogP contribution in [0.5, 0.6) is 0 Å². The lowest BCUT2D eigenvalue weighted by molar-refractivity contribution is 0.0800. The molecule has 0 radical (unpaired) electrons. The topological polar surface area (TPSA) is 59.8 Å². The van der Waals surface area contributed by atoms with Gasteiger partial charge in [-0.15, -0.1) is 0 Å². The molecule has 1 aromatic carbocycles. The maximum absolute atomic E-state index is 10.5. The highest BCUT2D eigenvalue weighted by Crippen LogP contribution is 2.29. The fraction of sp³-hybridized carbons (Fsp3) is 0.400. The fourth-order valence-corrected chi connectivity index (χ4v) is 2.84. The molecule has 2 rings (SSSR count). The van der Waals surface area contributed by atoms with E-state index in [4.69, 9.17) is 5.26 Å². The SMILES string of the molecule is CCSC[C@](C)(O)c1cc2cc(C#N)c(C)cc2[nH]1. The lowest BCUT2D eigenvalue weighted by Crippen LogP contribution is -2.24. The van der Waals surface area contributed by atoms with Crippen LogP contribution in [0.25, 0.3) is 10.9 Å². The first-order valence-corrected chi connectivity index (χ1v) is 7.47. The van der Waals surface area contributed by atoms with E-state index in [1.165, 1.54) is 0 Å². The molecule has 1 heterocycles. The van der Waals surface area contributed by atoms with E-state index >= 15 is 0 Å². The molecule has 0 aliphatic carbocycles. The van der Waals surface area contributed by atoms with Crippen LogP contribution in [0.2, 0.25) is 0 Å². The second-order valence-corrected chi connectivity index (χ2v) is 6.23. The maximum Gasteiger partial charge on any atom is 0.110 e. The number of aromatic nitrogens is 1. The van der Waals surface area contributed by atoms with Crippen LogP contribution < -0.4 is 0 Å². The number of hydrogen-bond donors (Lipinski definition) is 2. The van der Waals surface area contributed by atoms with Gasteiger partial charge >= 0.3 is 0 Å². The molecule has 0 aliphatic heterocycles. The molecule has 0 unspecified atom stereocenters. The van der Waals surface area contributed by atoms with Gasteiger partial charge < -0.3 is 10.1 Å². The van der Waals surface area contributed by atoms with E-state index < -0.39 is 5.60 Å². The molecule has 0 fully saturated rings. The number of hydrogen-bond acceptors (Lipinski definition) is 3. The highest BCUT2D eigenvalue weighted by atomic mass is 32.2. The van der Waals surface area contributed by atoms with Gasteiger partial charge in [0.15, 0.2) is 0 Å². The minimum absolute atomic E-state index is 0.653. The Morgan fingerprint density at radius 2 is 2.16 bits per heavy atom. The molecule has 4 heteroatoms. The number of aryl methyl sites for hydroxylation is 1. The van der Waals surface area contributed by atoms with Crippen LogP contribution in [0.15, 0.2) is 18.2 Å². The van der Waals surface area contributed by atoms with Crippen LogP contribution in [0.4, 0.5) is 0 Å². The van der Waals surface area contributed by atoms with Crippen molar-refractivity contribution in [3.05, 3.63) is 35.0 Å². The Hall–Kier alpha value is -1.44. The summed E-state index contributed by atoms with van der Waals surface area (Å²) in [4.78, 5) is 3.26. The van der Waals surface area contributed by atoms with Crippen molar-refractivity contribution in [1.82, 2.24) is 4.98 Å². The molecule has 0 aliphatic rings. The summed E-state index contributed by atoms with van der Waals surface area (Å²) >= 11 is 1.71. The van der Waals surface area contributed by atoms with Crippen molar-refractivity contribution in [2.45, 2.75) is 26.4 Å². The molecule has 0 bridgehead atoms. The van der Waals surface area contributed by atoms with Gasteiger partial charge in [-0.05, 0) is 43.4 Å². The molecular weight excluding hydrogens is 256 g/mol. The first kappa shape index (κ1) is 14.0. The predicted octanol–water partition coefficient (Wildman–Crippen LogP) is 3.31. The summed E-state index contributed by atoms with van der Waals surface area (Å²) in [6, 6.07) is 7.95. The number of fused-ring (bicyclic) bond motifs is 1. The van der Waals surface area contributed by atoms with E-state index in [0.717, 1.165) is 27.9 Å². The first-order chi connectivity index (χ1) is 8.97. The smallest absolute Gasteiger partial charge is 0.110 e. The van der Waals surface area contributed by atoms with Gasteiger partial charge in [0.1, 0.15) is 5.60 Å². The molecule has 0 amide bonds. The van der Waals surface area contributed by atoms with E-state index in [0.29, 0.717) is 11.3 Å². The number of nitrogens with one attached hydrogen (secondary N) is 1. The highest BCUT2D eigenvalue weighted by molar-refractivity contribution is 7.99. The average molecular weight is 274 g/mol. The Labute approximate surface area is 117 Å². The predicted molar refractivity (Wildman–Crippen MR) is 80.3 cm³/mol. The second kappa shape index (κ2) is 5.28. The lowest BCUT2D eigenvalue weighted by atomic mass is 10.0. The summed E-state index contributed by atoms with van der Waals surface area (Å²) < 4.78 is 0. The van der Waals surface area contributed by atoms with Crippen molar-refractivity contribution in [1.29, 1.82) is 5.26 Å². The normalized spacial score (nSPS) is 14.3. The summed E-state index contributed by atoms with van der Waals surface area (Å²) in [5.41, 5.74) is 2.53. The molecule has 0 saturated heterocycles. The monoisotopic (exact) mass is 274 g/mol. The van der Waals surface area contributed by atoms with Crippen molar-refractivity contribution in [2.24, 2.45) is 0 Å². The Kier molecular flexibility index (Phi) is 3.88. The minimum atomic E-state index is -0.875. The van der Waals surface area contributed by atoms with E-state index in [2.05, 4.69) is 18.0 Å². The molecule has 3 nitrogen and oxygen atoms in total. The van der Waals surface area contributed by atoms with E-state index in [1.54, 1.807) is 11.8 Å². The standard InChI is InChI=1S/C15H18N2OS/c1-4-19-9-15(3,18)14-7-11-6-12(8-16)10(2)5-13(11)17-14/h5-7,17-18H,4,9H2,1-3H3/t15-/m0/s1. The van der Waals surface area contributed by atoms with Gasteiger partial charge in [-0.1, -0.05) is 6.92 Å². The molecule has 2 N–H and O–H groups in total. The Bertz CT molecular complexity index is 637. The van der Waals surface area contributed by atoms with Crippen molar-refractivity contribution >= 4 is 22.7 Å². The summed E-state index contributed by atoms with van der Waals surface area (Å²) in [6.07, 6.45) is 0. The zero-order chi connectivity index (χ0) is 14.0. The summed E-state index contributed by atoms with van der Waals surface area (Å²) in [6.45, 7) is 5.82. The number of benzene rings is 1. The maximum atomic E-state index is 10.5. The molecule has 100 valence electrons. The number of nitriles is 1. The van der Waals surface area contributed by atoms with Crippen LogP contribution in [-0.4, -0.2) is 21.6 Å². The van der Waals surface area contributed by atoms with E-state index in [1.807, 2.05) is 32.0 Å². The highest BCUT2D eigenvalue weighted by Gasteiger charge is 2.25. The van der Waals surface area contributed by atoms with E-state index in [-0.39, 0.29) is 0 Å². The summed E-state index contributed by atoms with van der Waals surface area (Å²) in [5.74, 6) is 1.63. The molecule has 0 spiro atoms. The minimum Gasteiger partial charge on any atom is -0.383 e. The van der Waals surface area contributed by atoms with Crippen LogP contribution in [0.1, 0.15) is 30.7 Å². The van der Waals surface area contributed by atoms with Crippen LogP contribution in [0, 0.1) is 18.3 Å². The third-order valence-electron chi connectivity index (χ3n) is 3.25. The van der Waals surface area contributed by atoms with Crippen LogP contribution >= 0.6 is 11.8 Å². The number of H-pyrrole nitrogens is 1. The van der Waals surface area contributed by atoms with Gasteiger partial charge in [0.05, 0.1) is 11.6 Å². The second-order valence-electron chi connectivity index (χ2n) is 4.96. The van der Waals surface area contributed by atoms with Gasteiger partial charge in [-0.25, -0.2) is 0 Å². The van der Waals surface area contributed by atoms with Crippen molar-refractivity contribution in [3.63, 3.8) is 0 Å². The first-order valence-electron chi connectivity index (χ1n) is 6.32. The number of rotatable bonds is 4. The molecule has 1 aromatic heterocycles. The molecule has 0 saturated carbocycles. The van der Waals surface area contributed by atoms with Gasteiger partial charge in [-0.2, -0.15) is 17.0 Å². The van der Waals surface area contributed by atoms with Gasteiger partial charge in [0.25, 0.3) is 0 Å². The number of nitrogens with zero attached hydrogens (tertiary/aromatic N) is 1.